The number of nitrogens with zero attached hydrogens (tertiary/aromatic N) is 4. The number of nitro groups is 1. The number of H-pyrrole nitrogens is 2. The van der Waals surface area contributed by atoms with Crippen LogP contribution in [-0.4, -0.2) is 36.0 Å². The minimum atomic E-state index is -0.493. The third-order valence-electron chi connectivity index (χ3n) is 3.43. The summed E-state index contributed by atoms with van der Waals surface area (Å²) in [7, 11) is 0. The number of nitrogens with one attached hydrogen (secondary N) is 3. The van der Waals surface area contributed by atoms with E-state index in [-0.39, 0.29) is 17.6 Å². The molecule has 0 saturated carbocycles. The molecule has 2 aromatic heterocycles. The molecule has 0 aliphatic heterocycles. The summed E-state index contributed by atoms with van der Waals surface area (Å²) in [4.78, 5) is 33.7. The Morgan fingerprint density at radius 2 is 2.16 bits per heavy atom. The van der Waals surface area contributed by atoms with Gasteiger partial charge < -0.3 is 4.98 Å². The highest BCUT2D eigenvalue weighted by atomic mass is 16.6. The Labute approximate surface area is 141 Å². The summed E-state index contributed by atoms with van der Waals surface area (Å²) in [5, 5.41) is 19.9. The van der Waals surface area contributed by atoms with E-state index in [0.717, 1.165) is 0 Å². The molecule has 10 heteroatoms. The second-order valence-corrected chi connectivity index (χ2v) is 5.61. The van der Waals surface area contributed by atoms with Crippen molar-refractivity contribution in [2.75, 3.05) is 5.32 Å². The monoisotopic (exact) mass is 341 g/mol. The predicted octanol–water partition coefficient (Wildman–Crippen LogP) is 2.48. The molecule has 1 aromatic carbocycles. The number of aromatic amines is 2. The second-order valence-electron chi connectivity index (χ2n) is 5.61. The van der Waals surface area contributed by atoms with Gasteiger partial charge in [-0.05, 0) is 0 Å². The van der Waals surface area contributed by atoms with E-state index in [1.54, 1.807) is 12.1 Å². The first-order valence-corrected chi connectivity index (χ1v) is 7.47. The van der Waals surface area contributed by atoms with Crippen molar-refractivity contribution >= 4 is 17.5 Å². The van der Waals surface area contributed by atoms with Crippen molar-refractivity contribution in [3.8, 4) is 11.4 Å². The highest BCUT2D eigenvalue weighted by Crippen LogP contribution is 2.21. The van der Waals surface area contributed by atoms with Gasteiger partial charge in [0.1, 0.15) is 11.5 Å². The molecule has 2 heterocycles. The fraction of sp³-hybridized carbons (Fsp3) is 0.200. The molecular weight excluding hydrogens is 326 g/mol. The largest absolute Gasteiger partial charge is 0.338 e. The zero-order valence-corrected chi connectivity index (χ0v) is 13.5. The topological polar surface area (TPSA) is 142 Å². The van der Waals surface area contributed by atoms with Gasteiger partial charge in [-0.2, -0.15) is 4.98 Å². The molecule has 0 bridgehead atoms. The summed E-state index contributed by atoms with van der Waals surface area (Å²) in [5.41, 5.74) is 0.731. The van der Waals surface area contributed by atoms with Crippen LogP contribution >= 0.6 is 0 Å². The number of hydrogen-bond donors (Lipinski definition) is 3. The summed E-state index contributed by atoms with van der Waals surface area (Å²) in [5.74, 6) is 0.825. The van der Waals surface area contributed by atoms with Crippen LogP contribution in [-0.2, 0) is 0 Å². The van der Waals surface area contributed by atoms with E-state index in [4.69, 9.17) is 0 Å². The Kier molecular flexibility index (Phi) is 4.25. The third-order valence-corrected chi connectivity index (χ3v) is 3.43. The number of amides is 1. The van der Waals surface area contributed by atoms with E-state index in [0.29, 0.717) is 22.9 Å². The Balaban J connectivity index is 1.76. The van der Waals surface area contributed by atoms with E-state index in [9.17, 15) is 14.9 Å². The number of carbonyl (C=O) groups excluding carboxylic acids is 1. The summed E-state index contributed by atoms with van der Waals surface area (Å²) < 4.78 is 0. The highest BCUT2D eigenvalue weighted by Gasteiger charge is 2.15. The molecule has 3 rings (SSSR count). The number of hydrogen-bond acceptors (Lipinski definition) is 6. The average Bonchev–Trinajstić information content (AvgIpc) is 3.24. The van der Waals surface area contributed by atoms with Crippen molar-refractivity contribution in [3.05, 3.63) is 52.1 Å². The lowest BCUT2D eigenvalue weighted by atomic mass is 10.2. The number of anilines is 1. The molecular formula is C15H15N7O3. The molecule has 0 aliphatic rings. The summed E-state index contributed by atoms with van der Waals surface area (Å²) in [6, 6.07) is 5.96. The van der Waals surface area contributed by atoms with Gasteiger partial charge >= 0.3 is 0 Å². The average molecular weight is 341 g/mol. The Hall–Kier alpha value is -3.56. The molecule has 0 fully saturated rings. The van der Waals surface area contributed by atoms with Gasteiger partial charge in [0.05, 0.1) is 11.1 Å². The molecule has 0 saturated heterocycles. The van der Waals surface area contributed by atoms with Crippen LogP contribution in [0.4, 0.5) is 11.6 Å². The normalized spacial score (nSPS) is 10.8. The first-order chi connectivity index (χ1) is 11.9. The number of aromatic nitrogens is 5. The van der Waals surface area contributed by atoms with Crippen LogP contribution in [0.1, 0.15) is 36.1 Å². The van der Waals surface area contributed by atoms with Crippen molar-refractivity contribution in [2.24, 2.45) is 0 Å². The smallest absolute Gasteiger partial charge is 0.276 e. The number of non-ortho nitro benzene ring substituents is 1. The highest BCUT2D eigenvalue weighted by molar-refractivity contribution is 6.01. The number of rotatable bonds is 5. The Morgan fingerprint density at radius 1 is 1.36 bits per heavy atom. The minimum Gasteiger partial charge on any atom is -0.338 e. The van der Waals surface area contributed by atoms with E-state index in [1.165, 1.54) is 18.3 Å². The van der Waals surface area contributed by atoms with Crippen molar-refractivity contribution in [2.45, 2.75) is 19.8 Å². The Bertz CT molecular complexity index is 929. The lowest BCUT2D eigenvalue weighted by Gasteiger charge is -1.99. The van der Waals surface area contributed by atoms with Crippen LogP contribution in [0.2, 0.25) is 0 Å². The van der Waals surface area contributed by atoms with Crippen LogP contribution in [0.15, 0.2) is 30.5 Å². The van der Waals surface area contributed by atoms with E-state index >= 15 is 0 Å². The van der Waals surface area contributed by atoms with E-state index in [2.05, 4.69) is 30.5 Å². The van der Waals surface area contributed by atoms with Gasteiger partial charge in [0.2, 0.25) is 5.95 Å². The number of benzene rings is 1. The summed E-state index contributed by atoms with van der Waals surface area (Å²) in [6.45, 7) is 3.92. The second kappa shape index (κ2) is 6.51. The predicted molar refractivity (Wildman–Crippen MR) is 89.1 cm³/mol. The van der Waals surface area contributed by atoms with Crippen molar-refractivity contribution in [1.82, 2.24) is 25.1 Å². The third kappa shape index (κ3) is 3.52. The van der Waals surface area contributed by atoms with Gasteiger partial charge in [-0.3, -0.25) is 25.3 Å². The fourth-order valence-corrected chi connectivity index (χ4v) is 2.13. The van der Waals surface area contributed by atoms with Crippen molar-refractivity contribution in [1.29, 1.82) is 0 Å². The molecule has 3 aromatic rings. The van der Waals surface area contributed by atoms with Gasteiger partial charge in [0.15, 0.2) is 5.82 Å². The van der Waals surface area contributed by atoms with E-state index in [1.807, 2.05) is 13.8 Å². The molecule has 0 radical (unpaired) electrons. The fourth-order valence-electron chi connectivity index (χ4n) is 2.13. The van der Waals surface area contributed by atoms with Crippen LogP contribution in [0.3, 0.4) is 0 Å². The molecule has 0 aliphatic carbocycles. The number of carbonyl (C=O) groups is 1. The molecule has 0 unspecified atom stereocenters. The number of imidazole rings is 1. The molecule has 25 heavy (non-hydrogen) atoms. The van der Waals surface area contributed by atoms with Gasteiger partial charge in [-0.1, -0.05) is 26.0 Å². The Morgan fingerprint density at radius 3 is 2.84 bits per heavy atom. The maximum absolute atomic E-state index is 12.2. The van der Waals surface area contributed by atoms with Crippen LogP contribution in [0, 0.1) is 10.1 Å². The van der Waals surface area contributed by atoms with Crippen molar-refractivity contribution < 1.29 is 9.72 Å². The maximum atomic E-state index is 12.2. The lowest BCUT2D eigenvalue weighted by molar-refractivity contribution is -0.384. The summed E-state index contributed by atoms with van der Waals surface area (Å²) in [6.07, 6.45) is 1.44. The van der Waals surface area contributed by atoms with Gasteiger partial charge in [0.25, 0.3) is 11.6 Å². The number of nitro benzene ring substituents is 1. The lowest BCUT2D eigenvalue weighted by Crippen LogP contribution is -2.13. The van der Waals surface area contributed by atoms with E-state index < -0.39 is 10.8 Å². The first kappa shape index (κ1) is 16.3. The van der Waals surface area contributed by atoms with Gasteiger partial charge in [0, 0.05) is 23.6 Å². The van der Waals surface area contributed by atoms with Crippen LogP contribution < -0.4 is 5.32 Å². The zero-order chi connectivity index (χ0) is 18.0. The van der Waals surface area contributed by atoms with Gasteiger partial charge in [-0.15, -0.1) is 5.10 Å². The van der Waals surface area contributed by atoms with Gasteiger partial charge in [-0.25, -0.2) is 4.98 Å². The molecule has 0 atom stereocenters. The molecule has 128 valence electrons. The quantitative estimate of drug-likeness (QED) is 0.480. The minimum absolute atomic E-state index is 0.0573. The molecule has 10 nitrogen and oxygen atoms in total. The molecule has 1 amide bonds. The van der Waals surface area contributed by atoms with Crippen LogP contribution in [0.5, 0.6) is 0 Å². The first-order valence-electron chi connectivity index (χ1n) is 7.47. The maximum Gasteiger partial charge on any atom is 0.276 e. The van der Waals surface area contributed by atoms with Crippen molar-refractivity contribution in [3.63, 3.8) is 0 Å². The molecule has 3 N–H and O–H groups in total. The molecule has 0 spiro atoms. The summed E-state index contributed by atoms with van der Waals surface area (Å²) >= 11 is 0. The SMILES string of the molecule is CC(C)c1ncc(C(=O)Nc2n[nH]c(-c3cccc([N+](=O)[O-])c3)n2)[nH]1. The standard InChI is InChI=1S/C15H15N7O3/c1-8(2)12-16-7-11(17-12)14(23)19-15-18-13(20-21-15)9-4-3-5-10(6-9)22(24)25/h3-8H,1-2H3,(H,16,17)(H2,18,19,20,21,23). The van der Waals surface area contributed by atoms with Crippen LogP contribution in [0.25, 0.3) is 11.4 Å². The zero-order valence-electron chi connectivity index (χ0n) is 13.5.